The Morgan fingerprint density at radius 2 is 0.695 bits per heavy atom. The first-order chi connectivity index (χ1) is 40.0. The number of ether oxygens (including phenoxy) is 2. The van der Waals surface area contributed by atoms with Crippen molar-refractivity contribution < 1.29 is 42.1 Å². The maximum absolute atomic E-state index is 12.8. The van der Waals surface area contributed by atoms with Crippen molar-refractivity contribution in [3.63, 3.8) is 0 Å². The first-order valence-electron chi connectivity index (χ1n) is 35.0. The predicted octanol–water partition coefficient (Wildman–Crippen LogP) is 22.0. The average molecular weight is 1170 g/mol. The molecular weight excluding hydrogens is 1040 g/mol. The van der Waals surface area contributed by atoms with Crippen molar-refractivity contribution >= 4 is 19.8 Å². The van der Waals surface area contributed by atoms with E-state index in [1.807, 2.05) is 21.1 Å². The largest absolute Gasteiger partial charge is 0.756 e. The Balaban J connectivity index is 3.98. The number of likely N-dealkylation sites (N-methyl/N-ethyl adjacent to an activating group) is 1. The molecule has 0 aromatic carbocycles. The first-order valence-corrected chi connectivity index (χ1v) is 36.5. The molecule has 0 saturated heterocycles. The molecular formula is C72H134NO8P. The van der Waals surface area contributed by atoms with E-state index in [1.165, 1.54) is 225 Å². The molecule has 0 fully saturated rings. The van der Waals surface area contributed by atoms with Crippen LogP contribution >= 0.6 is 7.82 Å². The van der Waals surface area contributed by atoms with Crippen LogP contribution in [0.15, 0.2) is 60.8 Å². The SMILES string of the molecule is CC/C=C\C/C=C\C/C=C\C/C=C\C/C=C\CCCCCCCCCC(=O)OC(COC(=O)CCCCCCCCCCCCCCCCCCCCCCCCCCCCCCCCCCCCC)COP(=O)([O-])OCC[N+](C)(C)C. The minimum Gasteiger partial charge on any atom is -0.756 e. The highest BCUT2D eigenvalue weighted by Crippen LogP contribution is 2.38. The molecule has 0 rings (SSSR count). The molecule has 2 unspecified atom stereocenters. The molecule has 9 nitrogen and oxygen atoms in total. The van der Waals surface area contributed by atoms with Gasteiger partial charge in [0, 0.05) is 12.8 Å². The van der Waals surface area contributed by atoms with E-state index in [0.29, 0.717) is 17.4 Å². The number of quaternary nitrogens is 1. The van der Waals surface area contributed by atoms with Crippen molar-refractivity contribution in [1.82, 2.24) is 0 Å². The third-order valence-electron chi connectivity index (χ3n) is 15.6. The summed E-state index contributed by atoms with van der Waals surface area (Å²) < 4.78 is 34.3. The Hall–Kier alpha value is -2.29. The van der Waals surface area contributed by atoms with Gasteiger partial charge < -0.3 is 27.9 Å². The number of hydrogen-bond acceptors (Lipinski definition) is 8. The second-order valence-electron chi connectivity index (χ2n) is 24.9. The Bertz CT molecular complexity index is 1570. The first kappa shape index (κ1) is 79.7. The van der Waals surface area contributed by atoms with E-state index in [9.17, 15) is 19.0 Å². The average Bonchev–Trinajstić information content (AvgIpc) is 3.46. The van der Waals surface area contributed by atoms with Gasteiger partial charge in [-0.05, 0) is 57.8 Å². The number of esters is 2. The summed E-state index contributed by atoms with van der Waals surface area (Å²) in [6, 6.07) is 0. The summed E-state index contributed by atoms with van der Waals surface area (Å²) in [5.74, 6) is -0.834. The highest BCUT2D eigenvalue weighted by molar-refractivity contribution is 7.45. The van der Waals surface area contributed by atoms with Crippen molar-refractivity contribution in [1.29, 1.82) is 0 Å². The number of unbranched alkanes of at least 4 members (excludes halogenated alkanes) is 41. The van der Waals surface area contributed by atoms with Gasteiger partial charge in [0.25, 0.3) is 7.82 Å². The topological polar surface area (TPSA) is 111 Å². The van der Waals surface area contributed by atoms with Crippen LogP contribution in [0.3, 0.4) is 0 Å². The van der Waals surface area contributed by atoms with Crippen LogP contribution in [-0.4, -0.2) is 70.0 Å². The summed E-state index contributed by atoms with van der Waals surface area (Å²) in [7, 11) is 1.16. The van der Waals surface area contributed by atoms with Crippen molar-refractivity contribution in [2.45, 2.75) is 341 Å². The van der Waals surface area contributed by atoms with Gasteiger partial charge in [0.15, 0.2) is 6.10 Å². The molecule has 0 bridgehead atoms. The van der Waals surface area contributed by atoms with Gasteiger partial charge in [0.2, 0.25) is 0 Å². The monoisotopic (exact) mass is 1170 g/mol. The number of phosphoric acid groups is 1. The summed E-state index contributed by atoms with van der Waals surface area (Å²) >= 11 is 0. The highest BCUT2D eigenvalue weighted by Gasteiger charge is 2.22. The fourth-order valence-corrected chi connectivity index (χ4v) is 10.9. The van der Waals surface area contributed by atoms with Gasteiger partial charge in [0.1, 0.15) is 19.8 Å². The Morgan fingerprint density at radius 3 is 1.04 bits per heavy atom. The van der Waals surface area contributed by atoms with Crippen LogP contribution in [0.1, 0.15) is 335 Å². The molecule has 0 N–H and O–H groups in total. The molecule has 0 aromatic rings. The van der Waals surface area contributed by atoms with Crippen molar-refractivity contribution in [3.05, 3.63) is 60.8 Å². The number of allylic oxidation sites excluding steroid dienone is 10. The van der Waals surface area contributed by atoms with Gasteiger partial charge in [-0.15, -0.1) is 0 Å². The van der Waals surface area contributed by atoms with Gasteiger partial charge in [-0.3, -0.25) is 14.2 Å². The molecule has 0 heterocycles. The fourth-order valence-electron chi connectivity index (χ4n) is 10.2. The number of rotatable bonds is 65. The molecule has 0 amide bonds. The van der Waals surface area contributed by atoms with Crippen LogP contribution in [0.25, 0.3) is 0 Å². The molecule has 480 valence electrons. The molecule has 0 aliphatic heterocycles. The molecule has 0 aliphatic carbocycles. The molecule has 82 heavy (non-hydrogen) atoms. The maximum Gasteiger partial charge on any atom is 0.306 e. The lowest BCUT2D eigenvalue weighted by atomic mass is 10.0. The van der Waals surface area contributed by atoms with E-state index < -0.39 is 26.5 Å². The van der Waals surface area contributed by atoms with E-state index in [4.69, 9.17) is 18.5 Å². The molecule has 0 spiro atoms. The third-order valence-corrected chi connectivity index (χ3v) is 16.5. The van der Waals surface area contributed by atoms with Gasteiger partial charge in [-0.1, -0.05) is 325 Å². The number of phosphoric ester groups is 1. The van der Waals surface area contributed by atoms with Gasteiger partial charge in [-0.2, -0.15) is 0 Å². The number of hydrogen-bond donors (Lipinski definition) is 0. The maximum atomic E-state index is 12.8. The van der Waals surface area contributed by atoms with E-state index in [2.05, 4.69) is 74.6 Å². The third kappa shape index (κ3) is 66.8. The number of carbonyl (C=O) groups is 2. The number of nitrogens with zero attached hydrogens (tertiary/aromatic N) is 1. The zero-order valence-electron chi connectivity index (χ0n) is 54.7. The minimum absolute atomic E-state index is 0.0339. The van der Waals surface area contributed by atoms with Gasteiger partial charge in [0.05, 0.1) is 27.7 Å². The summed E-state index contributed by atoms with van der Waals surface area (Å²) in [6.45, 7) is 4.16. The number of carbonyl (C=O) groups excluding carboxylic acids is 2. The highest BCUT2D eigenvalue weighted by atomic mass is 31.2. The Labute approximate surface area is 508 Å². The Kier molecular flexibility index (Phi) is 61.5. The Morgan fingerprint density at radius 1 is 0.390 bits per heavy atom. The summed E-state index contributed by atoms with van der Waals surface area (Å²) in [5.41, 5.74) is 0. The summed E-state index contributed by atoms with van der Waals surface area (Å²) in [6.07, 6.45) is 83.2. The molecule has 2 atom stereocenters. The molecule has 10 heteroatoms. The van der Waals surface area contributed by atoms with E-state index in [1.54, 1.807) is 0 Å². The summed E-state index contributed by atoms with van der Waals surface area (Å²) in [4.78, 5) is 38.0. The zero-order chi connectivity index (χ0) is 59.8. The molecule has 0 saturated carbocycles. The predicted molar refractivity (Wildman–Crippen MR) is 351 cm³/mol. The smallest absolute Gasteiger partial charge is 0.306 e. The molecule has 0 aliphatic rings. The second-order valence-corrected chi connectivity index (χ2v) is 26.3. The molecule has 0 radical (unpaired) electrons. The van der Waals surface area contributed by atoms with Crippen LogP contribution in [0, 0.1) is 0 Å². The lowest BCUT2D eigenvalue weighted by molar-refractivity contribution is -0.870. The van der Waals surface area contributed by atoms with Crippen LogP contribution in [0.4, 0.5) is 0 Å². The minimum atomic E-state index is -4.65. The van der Waals surface area contributed by atoms with E-state index in [0.717, 1.165) is 77.0 Å². The fraction of sp³-hybridized carbons (Fsp3) is 0.833. The van der Waals surface area contributed by atoms with E-state index in [-0.39, 0.29) is 32.0 Å². The van der Waals surface area contributed by atoms with Crippen LogP contribution in [0.5, 0.6) is 0 Å². The normalized spacial score (nSPS) is 13.5. The lowest BCUT2D eigenvalue weighted by Gasteiger charge is -2.28. The van der Waals surface area contributed by atoms with Gasteiger partial charge >= 0.3 is 11.9 Å². The van der Waals surface area contributed by atoms with E-state index >= 15 is 0 Å². The summed E-state index contributed by atoms with van der Waals surface area (Å²) in [5, 5.41) is 0. The van der Waals surface area contributed by atoms with Crippen molar-refractivity contribution in [3.8, 4) is 0 Å². The van der Waals surface area contributed by atoms with Crippen LogP contribution in [-0.2, 0) is 32.7 Å². The quantitative estimate of drug-likeness (QED) is 0.0195. The van der Waals surface area contributed by atoms with Crippen LogP contribution in [0.2, 0.25) is 0 Å². The lowest BCUT2D eigenvalue weighted by Crippen LogP contribution is -2.37. The standard InChI is InChI=1S/C72H134NO8P/c1-6-8-10-12-14-16-18-20-22-24-26-28-30-31-32-33-34-35-36-37-38-39-40-41-43-44-46-48-50-52-54-56-58-60-62-64-71(74)78-68-70(69-80-82(76,77)79-67-66-73(3,4)5)81-72(75)65-63-61-59-57-55-53-51-49-47-45-42-29-27-25-23-21-19-17-15-13-11-9-7-2/h9,11,15,17,21,23,27,29,45,47,70H,6-8,10,12-14,16,18-20,22,24-26,28,30-44,46,48-69H2,1-5H3/b11-9-,17-15-,23-21-,29-27-,47-45-. The van der Waals surface area contributed by atoms with Crippen molar-refractivity contribution in [2.75, 3.05) is 47.5 Å². The van der Waals surface area contributed by atoms with Crippen molar-refractivity contribution in [2.24, 2.45) is 0 Å². The zero-order valence-corrected chi connectivity index (χ0v) is 55.6. The second kappa shape index (κ2) is 63.2. The molecule has 0 aromatic heterocycles. The van der Waals surface area contributed by atoms with Crippen LogP contribution < -0.4 is 4.89 Å². The van der Waals surface area contributed by atoms with Gasteiger partial charge in [-0.25, -0.2) is 0 Å².